The molecule has 5 aromatic rings. The first kappa shape index (κ1) is 27.6. The summed E-state index contributed by atoms with van der Waals surface area (Å²) in [6.45, 7) is 13.4. The normalized spacial score (nSPS) is 14.0. The van der Waals surface area contributed by atoms with Crippen LogP contribution in [0, 0.1) is 13.8 Å². The van der Waals surface area contributed by atoms with Gasteiger partial charge in [0.25, 0.3) is 0 Å². The highest BCUT2D eigenvalue weighted by atomic mass is 16.5. The molecule has 0 bridgehead atoms. The Labute approximate surface area is 246 Å². The lowest BCUT2D eigenvalue weighted by Crippen LogP contribution is -2.35. The number of amides is 2. The maximum absolute atomic E-state index is 13.3. The van der Waals surface area contributed by atoms with Crippen LogP contribution >= 0.6 is 0 Å². The summed E-state index contributed by atoms with van der Waals surface area (Å²) < 4.78 is 13.8. The summed E-state index contributed by atoms with van der Waals surface area (Å²) in [4.78, 5) is 17.1. The van der Waals surface area contributed by atoms with Crippen LogP contribution in [0.1, 0.15) is 37.6 Å². The first-order valence-corrected chi connectivity index (χ1v) is 14.3. The van der Waals surface area contributed by atoms with Gasteiger partial charge >= 0.3 is 6.03 Å². The van der Waals surface area contributed by atoms with Crippen LogP contribution in [-0.2, 0) is 10.2 Å². The van der Waals surface area contributed by atoms with Crippen molar-refractivity contribution in [1.82, 2.24) is 9.78 Å². The molecule has 1 aliphatic rings. The molecule has 8 heteroatoms. The van der Waals surface area contributed by atoms with E-state index in [4.69, 9.17) is 20.0 Å². The number of urea groups is 1. The Morgan fingerprint density at radius 1 is 0.929 bits per heavy atom. The molecule has 3 aromatic carbocycles. The molecule has 1 fully saturated rings. The number of aromatic nitrogens is 2. The number of nitrogens with zero attached hydrogens (tertiary/aromatic N) is 4. The summed E-state index contributed by atoms with van der Waals surface area (Å²) in [5, 5.41) is 6.80. The number of benzene rings is 3. The number of aryl methyl sites for hydroxylation is 2. The zero-order valence-corrected chi connectivity index (χ0v) is 24.8. The first-order valence-electron chi connectivity index (χ1n) is 14.3. The predicted molar refractivity (Wildman–Crippen MR) is 168 cm³/mol. The summed E-state index contributed by atoms with van der Waals surface area (Å²) in [7, 11) is 0. The fourth-order valence-electron chi connectivity index (χ4n) is 5.48. The van der Waals surface area contributed by atoms with Crippen LogP contribution in [0.5, 0.6) is 0 Å². The quantitative estimate of drug-likeness (QED) is 0.243. The monoisotopic (exact) mass is 563 g/mol. The topological polar surface area (TPSA) is 89.8 Å². The van der Waals surface area contributed by atoms with E-state index in [1.54, 1.807) is 9.58 Å². The predicted octanol–water partition coefficient (Wildman–Crippen LogP) is 7.25. The van der Waals surface area contributed by atoms with Crippen LogP contribution in [0.2, 0.25) is 0 Å². The van der Waals surface area contributed by atoms with Gasteiger partial charge in [0.05, 0.1) is 30.3 Å². The van der Waals surface area contributed by atoms with E-state index in [9.17, 15) is 4.79 Å². The van der Waals surface area contributed by atoms with Crippen molar-refractivity contribution in [3.05, 3.63) is 89.6 Å². The number of morpholine rings is 1. The van der Waals surface area contributed by atoms with Crippen LogP contribution in [0.4, 0.5) is 22.2 Å². The third kappa shape index (κ3) is 5.03. The lowest BCUT2D eigenvalue weighted by Gasteiger charge is -2.26. The summed E-state index contributed by atoms with van der Waals surface area (Å²) in [6, 6.07) is 23.5. The molecule has 1 aliphatic heterocycles. The number of rotatable bonds is 5. The average molecular weight is 564 g/mol. The van der Waals surface area contributed by atoms with E-state index in [1.165, 1.54) is 0 Å². The molecule has 2 aromatic heterocycles. The van der Waals surface area contributed by atoms with E-state index in [-0.39, 0.29) is 5.41 Å². The summed E-state index contributed by atoms with van der Waals surface area (Å²) in [6.07, 6.45) is 0. The standard InChI is InChI=1S/C34H37N5O3/c1-22-10-12-24(13-11-22)39-30(21-29(36-39)34(3,4)5)38(33(35)40)28-15-14-27(25-8-6-7-9-26(25)28)32-23(2)20-31(42-32)37-16-18-41-19-17-37/h6-15,20-21H,16-19H2,1-5H3,(H2,35,40). The molecule has 2 N–H and O–H groups in total. The van der Waals surface area contributed by atoms with Gasteiger partial charge < -0.3 is 19.8 Å². The van der Waals surface area contributed by atoms with Gasteiger partial charge in [0, 0.05) is 41.6 Å². The molecule has 0 aliphatic carbocycles. The van der Waals surface area contributed by atoms with Gasteiger partial charge in [-0.25, -0.2) is 14.4 Å². The molecule has 0 unspecified atom stereocenters. The van der Waals surface area contributed by atoms with Crippen molar-refractivity contribution < 1.29 is 13.9 Å². The number of anilines is 3. The SMILES string of the molecule is Cc1ccc(-n2nc(C(C)(C)C)cc2N(C(N)=O)c2ccc(-c3oc(N4CCOCC4)cc3C)c3ccccc23)cc1. The number of nitrogens with two attached hydrogens (primary N) is 1. The van der Waals surface area contributed by atoms with Gasteiger partial charge in [0.15, 0.2) is 5.88 Å². The van der Waals surface area contributed by atoms with E-state index >= 15 is 0 Å². The minimum atomic E-state index is -0.592. The van der Waals surface area contributed by atoms with Crippen molar-refractivity contribution in [2.75, 3.05) is 36.1 Å². The number of primary amides is 1. The number of hydrogen-bond acceptors (Lipinski definition) is 5. The van der Waals surface area contributed by atoms with Crippen LogP contribution in [0.15, 0.2) is 77.2 Å². The van der Waals surface area contributed by atoms with Crippen molar-refractivity contribution in [1.29, 1.82) is 0 Å². The second-order valence-corrected chi connectivity index (χ2v) is 11.9. The number of furan rings is 1. The van der Waals surface area contributed by atoms with Crippen molar-refractivity contribution >= 4 is 34.2 Å². The molecule has 6 rings (SSSR count). The van der Waals surface area contributed by atoms with Crippen LogP contribution in [-0.4, -0.2) is 42.1 Å². The maximum Gasteiger partial charge on any atom is 0.325 e. The zero-order chi connectivity index (χ0) is 29.6. The van der Waals surface area contributed by atoms with Crippen LogP contribution < -0.4 is 15.5 Å². The third-order valence-electron chi connectivity index (χ3n) is 7.80. The van der Waals surface area contributed by atoms with Gasteiger partial charge in [0.2, 0.25) is 0 Å². The Morgan fingerprint density at radius 3 is 2.29 bits per heavy atom. The van der Waals surface area contributed by atoms with Gasteiger partial charge in [-0.05, 0) is 49.1 Å². The summed E-state index contributed by atoms with van der Waals surface area (Å²) in [5.41, 5.74) is 11.4. The van der Waals surface area contributed by atoms with Gasteiger partial charge in [-0.2, -0.15) is 5.10 Å². The molecule has 42 heavy (non-hydrogen) atoms. The van der Waals surface area contributed by atoms with Crippen molar-refractivity contribution in [3.8, 4) is 17.0 Å². The van der Waals surface area contributed by atoms with Crippen molar-refractivity contribution in [3.63, 3.8) is 0 Å². The number of carbonyl (C=O) groups excluding carboxylic acids is 1. The van der Waals surface area contributed by atoms with E-state index < -0.39 is 6.03 Å². The minimum Gasteiger partial charge on any atom is -0.440 e. The molecular weight excluding hydrogens is 526 g/mol. The van der Waals surface area contributed by atoms with E-state index in [0.717, 1.165) is 63.6 Å². The number of carbonyl (C=O) groups is 1. The molecule has 216 valence electrons. The second-order valence-electron chi connectivity index (χ2n) is 11.9. The maximum atomic E-state index is 13.3. The Balaban J connectivity index is 1.51. The Kier molecular flexibility index (Phi) is 7.02. The van der Waals surface area contributed by atoms with E-state index in [2.05, 4.69) is 44.7 Å². The molecule has 0 spiro atoms. The van der Waals surface area contributed by atoms with E-state index in [1.807, 2.05) is 67.6 Å². The molecule has 0 saturated carbocycles. The highest BCUT2D eigenvalue weighted by Crippen LogP contribution is 2.41. The molecule has 2 amide bonds. The van der Waals surface area contributed by atoms with Gasteiger partial charge in [-0.3, -0.25) is 0 Å². The van der Waals surface area contributed by atoms with Crippen molar-refractivity contribution in [2.24, 2.45) is 5.73 Å². The second kappa shape index (κ2) is 10.7. The van der Waals surface area contributed by atoms with Gasteiger partial charge in [-0.15, -0.1) is 0 Å². The lowest BCUT2D eigenvalue weighted by molar-refractivity contribution is 0.121. The molecule has 0 atom stereocenters. The summed E-state index contributed by atoms with van der Waals surface area (Å²) in [5.74, 6) is 2.23. The van der Waals surface area contributed by atoms with Crippen LogP contribution in [0.25, 0.3) is 27.8 Å². The highest BCUT2D eigenvalue weighted by Gasteiger charge is 2.28. The zero-order valence-electron chi connectivity index (χ0n) is 24.8. The first-order chi connectivity index (χ1) is 20.1. The van der Waals surface area contributed by atoms with Gasteiger partial charge in [-0.1, -0.05) is 62.7 Å². The molecule has 3 heterocycles. The fourth-order valence-corrected chi connectivity index (χ4v) is 5.48. The summed E-state index contributed by atoms with van der Waals surface area (Å²) >= 11 is 0. The Hall–Kier alpha value is -4.56. The lowest BCUT2D eigenvalue weighted by atomic mass is 9.92. The van der Waals surface area contributed by atoms with E-state index in [0.29, 0.717) is 24.7 Å². The highest BCUT2D eigenvalue weighted by molar-refractivity contribution is 6.10. The molecular formula is C34H37N5O3. The van der Waals surface area contributed by atoms with Crippen molar-refractivity contribution in [2.45, 2.75) is 40.0 Å². The fraction of sp³-hybridized carbons (Fsp3) is 0.294. The van der Waals surface area contributed by atoms with Gasteiger partial charge in [0.1, 0.15) is 11.6 Å². The molecule has 0 radical (unpaired) electrons. The van der Waals surface area contributed by atoms with Crippen LogP contribution in [0.3, 0.4) is 0 Å². The molecule has 1 saturated heterocycles. The number of hydrogen-bond donors (Lipinski definition) is 1. The average Bonchev–Trinajstić information content (AvgIpc) is 3.58. The third-order valence-corrected chi connectivity index (χ3v) is 7.80. The number of fused-ring (bicyclic) bond motifs is 1. The largest absolute Gasteiger partial charge is 0.440 e. The molecule has 8 nitrogen and oxygen atoms in total. The number of ether oxygens (including phenoxy) is 1. The Morgan fingerprint density at radius 2 is 1.62 bits per heavy atom. The Bertz CT molecular complexity index is 1750. The smallest absolute Gasteiger partial charge is 0.325 e. The minimum absolute atomic E-state index is 0.241.